The summed E-state index contributed by atoms with van der Waals surface area (Å²) in [6.45, 7) is 5.93. The average molecular weight is 360 g/mol. The van der Waals surface area contributed by atoms with Crippen LogP contribution >= 0.6 is 0 Å². The van der Waals surface area contributed by atoms with Crippen molar-refractivity contribution in [3.63, 3.8) is 0 Å². The van der Waals surface area contributed by atoms with Crippen LogP contribution in [0.4, 0.5) is 4.79 Å². The van der Waals surface area contributed by atoms with Crippen LogP contribution in [0.2, 0.25) is 0 Å². The number of nitrogens with zero attached hydrogens (tertiary/aromatic N) is 2. The Bertz CT molecular complexity index is 681. The fourth-order valence-corrected chi connectivity index (χ4v) is 2.93. The molecule has 2 aliphatic heterocycles. The van der Waals surface area contributed by atoms with Gasteiger partial charge in [0.05, 0.1) is 6.61 Å². The third-order valence-corrected chi connectivity index (χ3v) is 4.43. The van der Waals surface area contributed by atoms with E-state index in [1.165, 1.54) is 0 Å². The van der Waals surface area contributed by atoms with E-state index < -0.39 is 0 Å². The maximum Gasteiger partial charge on any atom is 0.409 e. The van der Waals surface area contributed by atoms with Crippen LogP contribution in [0.5, 0.6) is 11.5 Å². The highest BCUT2D eigenvalue weighted by Crippen LogP contribution is 2.32. The molecule has 0 saturated carbocycles. The molecule has 26 heavy (non-hydrogen) atoms. The van der Waals surface area contributed by atoms with Crippen LogP contribution in [-0.4, -0.2) is 67.8 Å². The van der Waals surface area contributed by atoms with Crippen molar-refractivity contribution in [2.75, 3.05) is 46.1 Å². The average Bonchev–Trinajstić information content (AvgIpc) is 3.13. The highest BCUT2D eigenvalue weighted by Gasteiger charge is 2.21. The number of amides is 1. The lowest BCUT2D eigenvalue weighted by Crippen LogP contribution is -2.49. The van der Waals surface area contributed by atoms with Crippen molar-refractivity contribution in [2.45, 2.75) is 13.3 Å². The van der Waals surface area contributed by atoms with Crippen molar-refractivity contribution in [1.82, 2.24) is 9.80 Å². The van der Waals surface area contributed by atoms with Gasteiger partial charge in [-0.2, -0.15) is 0 Å². The van der Waals surface area contributed by atoms with E-state index in [0.29, 0.717) is 38.4 Å². The molecule has 0 aromatic heterocycles. The summed E-state index contributed by atoms with van der Waals surface area (Å²) in [7, 11) is 0. The first-order chi connectivity index (χ1) is 12.7. The maximum absolute atomic E-state index is 12.1. The Labute approximate surface area is 153 Å². The molecular weight excluding hydrogens is 336 g/mol. The Hall–Kier alpha value is -2.54. The molecule has 7 heteroatoms. The number of fused-ring (bicyclic) bond motifs is 1. The van der Waals surface area contributed by atoms with Gasteiger partial charge in [0.1, 0.15) is 0 Å². The first kappa shape index (κ1) is 18.3. The van der Waals surface area contributed by atoms with Crippen LogP contribution in [0.1, 0.15) is 18.9 Å². The fraction of sp³-hybridized carbons (Fsp3) is 0.474. The summed E-state index contributed by atoms with van der Waals surface area (Å²) in [5.41, 5.74) is 0.908. The zero-order valence-electron chi connectivity index (χ0n) is 15.0. The van der Waals surface area contributed by atoms with Crippen LogP contribution in [0.25, 0.3) is 6.08 Å². The van der Waals surface area contributed by atoms with Crippen LogP contribution < -0.4 is 9.47 Å². The van der Waals surface area contributed by atoms with Gasteiger partial charge in [-0.1, -0.05) is 12.1 Å². The Morgan fingerprint density at radius 2 is 1.92 bits per heavy atom. The third-order valence-electron chi connectivity index (χ3n) is 4.43. The van der Waals surface area contributed by atoms with E-state index in [1.807, 2.05) is 18.2 Å². The van der Waals surface area contributed by atoms with Crippen molar-refractivity contribution in [3.05, 3.63) is 29.8 Å². The molecule has 1 aromatic rings. The van der Waals surface area contributed by atoms with Crippen molar-refractivity contribution < 1.29 is 23.8 Å². The summed E-state index contributed by atoms with van der Waals surface area (Å²) >= 11 is 0. The number of carbonyl (C=O) groups excluding carboxylic acids is 2. The normalized spacial score (nSPS) is 16.9. The lowest BCUT2D eigenvalue weighted by molar-refractivity contribution is -0.115. The molecule has 0 aliphatic carbocycles. The summed E-state index contributed by atoms with van der Waals surface area (Å²) in [5, 5.41) is 0. The van der Waals surface area contributed by atoms with E-state index in [-0.39, 0.29) is 18.7 Å². The highest BCUT2D eigenvalue weighted by molar-refractivity contribution is 5.93. The molecule has 0 bridgehead atoms. The molecule has 1 aromatic carbocycles. The SMILES string of the molecule is CCOC(=O)N1CCN(CCC(=O)C=Cc2ccc3c(c2)OCO3)CC1. The first-order valence-corrected chi connectivity index (χ1v) is 8.90. The minimum atomic E-state index is -0.255. The molecule has 0 atom stereocenters. The van der Waals surface area contributed by atoms with Gasteiger partial charge in [0, 0.05) is 39.1 Å². The molecule has 1 saturated heterocycles. The quantitative estimate of drug-likeness (QED) is 0.724. The topological polar surface area (TPSA) is 68.3 Å². The van der Waals surface area contributed by atoms with Gasteiger partial charge >= 0.3 is 6.09 Å². The van der Waals surface area contributed by atoms with Crippen molar-refractivity contribution in [1.29, 1.82) is 0 Å². The molecule has 2 heterocycles. The Morgan fingerprint density at radius 1 is 1.15 bits per heavy atom. The molecule has 1 amide bonds. The number of allylic oxidation sites excluding steroid dienone is 1. The molecule has 2 aliphatic rings. The van der Waals surface area contributed by atoms with Gasteiger partial charge in [-0.3, -0.25) is 9.69 Å². The number of hydrogen-bond donors (Lipinski definition) is 0. The molecule has 1 fully saturated rings. The van der Waals surface area contributed by atoms with Gasteiger partial charge in [0.25, 0.3) is 0 Å². The minimum Gasteiger partial charge on any atom is -0.454 e. The molecule has 0 N–H and O–H groups in total. The van der Waals surface area contributed by atoms with E-state index in [1.54, 1.807) is 24.0 Å². The van der Waals surface area contributed by atoms with E-state index in [2.05, 4.69) is 4.90 Å². The van der Waals surface area contributed by atoms with E-state index in [9.17, 15) is 9.59 Å². The predicted octanol–water partition coefficient (Wildman–Crippen LogP) is 2.16. The second kappa shape index (κ2) is 8.71. The zero-order valence-corrected chi connectivity index (χ0v) is 15.0. The highest BCUT2D eigenvalue weighted by atomic mass is 16.7. The molecule has 140 valence electrons. The van der Waals surface area contributed by atoms with Gasteiger partial charge in [-0.25, -0.2) is 4.79 Å². The molecule has 3 rings (SSSR count). The largest absolute Gasteiger partial charge is 0.454 e. The first-order valence-electron chi connectivity index (χ1n) is 8.90. The van der Waals surface area contributed by atoms with Crippen LogP contribution in [0.3, 0.4) is 0 Å². The van der Waals surface area contributed by atoms with Gasteiger partial charge in [-0.05, 0) is 30.7 Å². The summed E-state index contributed by atoms with van der Waals surface area (Å²) in [5.74, 6) is 1.52. The van der Waals surface area contributed by atoms with Gasteiger partial charge < -0.3 is 19.1 Å². The van der Waals surface area contributed by atoms with Crippen molar-refractivity contribution in [3.8, 4) is 11.5 Å². The summed E-state index contributed by atoms with van der Waals surface area (Å²) in [4.78, 5) is 27.7. The van der Waals surface area contributed by atoms with Crippen LogP contribution in [-0.2, 0) is 9.53 Å². The molecule has 0 unspecified atom stereocenters. The Morgan fingerprint density at radius 3 is 2.69 bits per heavy atom. The van der Waals surface area contributed by atoms with Crippen LogP contribution in [0.15, 0.2) is 24.3 Å². The summed E-state index contributed by atoms with van der Waals surface area (Å²) in [6.07, 6.45) is 3.60. The van der Waals surface area contributed by atoms with Crippen LogP contribution in [0, 0.1) is 0 Å². The number of ketones is 1. The molecule has 0 spiro atoms. The predicted molar refractivity (Wildman–Crippen MR) is 96.3 cm³/mol. The van der Waals surface area contributed by atoms with Gasteiger partial charge in [0.15, 0.2) is 17.3 Å². The fourth-order valence-electron chi connectivity index (χ4n) is 2.93. The second-order valence-electron chi connectivity index (χ2n) is 6.19. The number of rotatable bonds is 6. The molecular formula is C19H24N2O5. The monoisotopic (exact) mass is 360 g/mol. The lowest BCUT2D eigenvalue weighted by atomic mass is 10.1. The van der Waals surface area contributed by atoms with E-state index >= 15 is 0 Å². The minimum absolute atomic E-state index is 0.0792. The zero-order chi connectivity index (χ0) is 18.4. The third kappa shape index (κ3) is 4.76. The number of ether oxygens (including phenoxy) is 3. The van der Waals surface area contributed by atoms with Gasteiger partial charge in [0.2, 0.25) is 6.79 Å². The number of piperazine rings is 1. The maximum atomic E-state index is 12.1. The molecule has 7 nitrogen and oxygen atoms in total. The smallest absolute Gasteiger partial charge is 0.409 e. The standard InChI is InChI=1S/C19H24N2O5/c1-2-24-19(23)21-11-9-20(10-12-21)8-7-16(22)5-3-15-4-6-17-18(13-15)26-14-25-17/h3-6,13H,2,7-12,14H2,1H3. The lowest BCUT2D eigenvalue weighted by Gasteiger charge is -2.33. The van der Waals surface area contributed by atoms with Crippen molar-refractivity contribution >= 4 is 18.0 Å². The second-order valence-corrected chi connectivity index (χ2v) is 6.19. The summed E-state index contributed by atoms with van der Waals surface area (Å²) in [6, 6.07) is 5.60. The Balaban J connectivity index is 1.40. The number of hydrogen-bond acceptors (Lipinski definition) is 6. The van der Waals surface area contributed by atoms with Gasteiger partial charge in [-0.15, -0.1) is 0 Å². The number of benzene rings is 1. The van der Waals surface area contributed by atoms with E-state index in [4.69, 9.17) is 14.2 Å². The number of carbonyl (C=O) groups is 2. The van der Waals surface area contributed by atoms with E-state index in [0.717, 1.165) is 24.4 Å². The molecule has 0 radical (unpaired) electrons. The Kier molecular flexibility index (Phi) is 6.12. The summed E-state index contributed by atoms with van der Waals surface area (Å²) < 4.78 is 15.6. The van der Waals surface area contributed by atoms with Crippen molar-refractivity contribution in [2.24, 2.45) is 0 Å².